The van der Waals surface area contributed by atoms with E-state index in [1.54, 1.807) is 6.07 Å². The quantitative estimate of drug-likeness (QED) is 0.461. The summed E-state index contributed by atoms with van der Waals surface area (Å²) in [6.07, 6.45) is 0. The third kappa shape index (κ3) is 1.44. The van der Waals surface area contributed by atoms with Gasteiger partial charge in [0.05, 0.1) is 16.6 Å². The van der Waals surface area contributed by atoms with Gasteiger partial charge in [0.1, 0.15) is 0 Å². The van der Waals surface area contributed by atoms with Gasteiger partial charge in [0, 0.05) is 11.1 Å². The number of pyridine rings is 1. The summed E-state index contributed by atoms with van der Waals surface area (Å²) < 4.78 is 0. The molecule has 0 amide bonds. The zero-order valence-electron chi connectivity index (χ0n) is 10.00. The molecule has 2 N–H and O–H groups in total. The second kappa shape index (κ2) is 3.53. The summed E-state index contributed by atoms with van der Waals surface area (Å²) in [5.74, 6) is 0. The Morgan fingerprint density at radius 3 is 2.56 bits per heavy atom. The average Bonchev–Trinajstić information content (AvgIpc) is 2.33. The van der Waals surface area contributed by atoms with Crippen molar-refractivity contribution in [2.75, 3.05) is 0 Å². The first kappa shape index (κ1) is 10.7. The highest BCUT2D eigenvalue weighted by molar-refractivity contribution is 6.02. The van der Waals surface area contributed by atoms with E-state index < -0.39 is 11.1 Å². The summed E-state index contributed by atoms with van der Waals surface area (Å²) >= 11 is 0. The minimum atomic E-state index is -0.645. The first-order valence-corrected chi connectivity index (χ1v) is 5.59. The van der Waals surface area contributed by atoms with E-state index in [1.165, 1.54) is 0 Å². The number of rotatable bonds is 0. The maximum Gasteiger partial charge on any atom is 0.314 e. The predicted molar refractivity (Wildman–Crippen MR) is 70.0 cm³/mol. The molecule has 1 aromatic carbocycles. The summed E-state index contributed by atoms with van der Waals surface area (Å²) in [5, 5.41) is 0.837. The highest BCUT2D eigenvalue weighted by Crippen LogP contribution is 2.21. The Bertz CT molecular complexity index is 890. The molecule has 2 heterocycles. The number of aromatic nitrogens is 3. The Labute approximate surface area is 102 Å². The number of nitrogens with one attached hydrogen (secondary N) is 2. The Morgan fingerprint density at radius 1 is 1.06 bits per heavy atom. The minimum absolute atomic E-state index is 0.608. The molecule has 3 aromatic rings. The Morgan fingerprint density at radius 2 is 1.78 bits per heavy atom. The van der Waals surface area contributed by atoms with E-state index in [-0.39, 0.29) is 0 Å². The van der Waals surface area contributed by atoms with Gasteiger partial charge in [-0.3, -0.25) is 14.6 Å². The molecule has 3 rings (SSSR count). The molecule has 90 valence electrons. The van der Waals surface area contributed by atoms with Crippen LogP contribution in [-0.4, -0.2) is 15.0 Å². The van der Waals surface area contributed by atoms with E-state index >= 15 is 0 Å². The van der Waals surface area contributed by atoms with Gasteiger partial charge in [-0.15, -0.1) is 0 Å². The van der Waals surface area contributed by atoms with Gasteiger partial charge in [-0.25, -0.2) is 0 Å². The zero-order valence-corrected chi connectivity index (χ0v) is 10.00. The lowest BCUT2D eigenvalue weighted by Gasteiger charge is -2.05. The van der Waals surface area contributed by atoms with Gasteiger partial charge in [-0.1, -0.05) is 0 Å². The fraction of sp³-hybridized carbons (Fsp3) is 0.154. The van der Waals surface area contributed by atoms with Gasteiger partial charge < -0.3 is 9.97 Å². The summed E-state index contributed by atoms with van der Waals surface area (Å²) in [6.45, 7) is 3.90. The molecule has 0 fully saturated rings. The third-order valence-corrected chi connectivity index (χ3v) is 3.14. The number of nitrogens with zero attached hydrogens (tertiary/aromatic N) is 1. The Balaban J connectivity index is 2.60. The van der Waals surface area contributed by atoms with Crippen molar-refractivity contribution >= 4 is 21.9 Å². The molecular weight excluding hydrogens is 230 g/mol. The van der Waals surface area contributed by atoms with Gasteiger partial charge in [-0.2, -0.15) is 0 Å². The number of hydrogen-bond donors (Lipinski definition) is 2. The summed E-state index contributed by atoms with van der Waals surface area (Å²) in [7, 11) is 0. The normalized spacial score (nSPS) is 11.2. The molecule has 5 nitrogen and oxygen atoms in total. The summed E-state index contributed by atoms with van der Waals surface area (Å²) in [6, 6.07) is 5.55. The van der Waals surface area contributed by atoms with Crippen molar-refractivity contribution < 1.29 is 0 Å². The van der Waals surface area contributed by atoms with Crippen molar-refractivity contribution in [3.05, 3.63) is 50.2 Å². The number of H-pyrrole nitrogens is 2. The van der Waals surface area contributed by atoms with Crippen LogP contribution < -0.4 is 11.1 Å². The van der Waals surface area contributed by atoms with Crippen LogP contribution in [0.1, 0.15) is 11.3 Å². The topological polar surface area (TPSA) is 78.6 Å². The molecule has 0 unspecified atom stereocenters. The van der Waals surface area contributed by atoms with Crippen LogP contribution >= 0.6 is 0 Å². The molecule has 2 aromatic heterocycles. The lowest BCUT2D eigenvalue weighted by atomic mass is 10.1. The van der Waals surface area contributed by atoms with Crippen molar-refractivity contribution in [1.82, 2.24) is 15.0 Å². The molecule has 0 atom stereocenters. The summed E-state index contributed by atoms with van der Waals surface area (Å²) in [5.41, 5.74) is 2.74. The van der Waals surface area contributed by atoms with E-state index in [0.29, 0.717) is 11.0 Å². The molecule has 0 aliphatic heterocycles. The van der Waals surface area contributed by atoms with Crippen molar-refractivity contribution in [2.45, 2.75) is 13.8 Å². The first-order chi connectivity index (χ1) is 8.56. The van der Waals surface area contributed by atoms with E-state index in [2.05, 4.69) is 15.0 Å². The largest absolute Gasteiger partial charge is 0.316 e. The third-order valence-electron chi connectivity index (χ3n) is 3.14. The van der Waals surface area contributed by atoms with Crippen molar-refractivity contribution in [1.29, 1.82) is 0 Å². The van der Waals surface area contributed by atoms with E-state index in [9.17, 15) is 9.59 Å². The molecule has 0 aliphatic carbocycles. The summed E-state index contributed by atoms with van der Waals surface area (Å²) in [4.78, 5) is 32.3. The van der Waals surface area contributed by atoms with Crippen molar-refractivity contribution in [3.8, 4) is 0 Å². The maximum atomic E-state index is 11.4. The molecule has 5 heteroatoms. The van der Waals surface area contributed by atoms with E-state index in [0.717, 1.165) is 22.2 Å². The van der Waals surface area contributed by atoms with Gasteiger partial charge in [0.25, 0.3) is 0 Å². The fourth-order valence-corrected chi connectivity index (χ4v) is 2.03. The van der Waals surface area contributed by atoms with Crippen LogP contribution in [0.5, 0.6) is 0 Å². The molecule has 0 spiro atoms. The SMILES string of the molecule is Cc1cc2c(ccc3[nH]c(=O)c(=O)[nH]c32)nc1C. The number of hydrogen-bond acceptors (Lipinski definition) is 3. The van der Waals surface area contributed by atoms with Crippen LogP contribution in [0.15, 0.2) is 27.8 Å². The molecular formula is C13H11N3O2. The Kier molecular flexibility index (Phi) is 2.10. The van der Waals surface area contributed by atoms with Crippen LogP contribution in [0.3, 0.4) is 0 Å². The molecule has 0 saturated heterocycles. The Hall–Kier alpha value is -2.43. The maximum absolute atomic E-state index is 11.4. The number of aryl methyl sites for hydroxylation is 2. The van der Waals surface area contributed by atoms with Gasteiger partial charge in [0.2, 0.25) is 0 Å². The highest BCUT2D eigenvalue weighted by atomic mass is 16.2. The fourth-order valence-electron chi connectivity index (χ4n) is 2.03. The first-order valence-electron chi connectivity index (χ1n) is 5.59. The second-order valence-corrected chi connectivity index (χ2v) is 4.35. The molecule has 0 bridgehead atoms. The van der Waals surface area contributed by atoms with Gasteiger partial charge >= 0.3 is 11.1 Å². The van der Waals surface area contributed by atoms with E-state index in [4.69, 9.17) is 0 Å². The van der Waals surface area contributed by atoms with Crippen LogP contribution in [0.4, 0.5) is 0 Å². The lowest BCUT2D eigenvalue weighted by molar-refractivity contribution is 1.15. The number of aromatic amines is 2. The predicted octanol–water partition coefficient (Wildman–Crippen LogP) is 1.38. The lowest BCUT2D eigenvalue weighted by Crippen LogP contribution is -2.28. The highest BCUT2D eigenvalue weighted by Gasteiger charge is 2.06. The molecule has 0 saturated carbocycles. The number of fused-ring (bicyclic) bond motifs is 3. The van der Waals surface area contributed by atoms with Crippen LogP contribution in [0.2, 0.25) is 0 Å². The molecule has 0 aliphatic rings. The van der Waals surface area contributed by atoms with Gasteiger partial charge in [0.15, 0.2) is 0 Å². The van der Waals surface area contributed by atoms with E-state index in [1.807, 2.05) is 26.0 Å². The van der Waals surface area contributed by atoms with Crippen LogP contribution in [0.25, 0.3) is 21.9 Å². The smallest absolute Gasteiger partial charge is 0.314 e. The van der Waals surface area contributed by atoms with Gasteiger partial charge in [-0.05, 0) is 37.6 Å². The van der Waals surface area contributed by atoms with Crippen LogP contribution in [0, 0.1) is 13.8 Å². The zero-order chi connectivity index (χ0) is 12.9. The standard InChI is InChI=1S/C13H11N3O2/c1-6-5-8-9(14-7(6)2)3-4-10-11(8)16-13(18)12(17)15-10/h3-5H,1-2H3,(H,15,17)(H,16,18). The minimum Gasteiger partial charge on any atom is -0.316 e. The molecule has 18 heavy (non-hydrogen) atoms. The monoisotopic (exact) mass is 241 g/mol. The second-order valence-electron chi connectivity index (χ2n) is 4.35. The van der Waals surface area contributed by atoms with Crippen molar-refractivity contribution in [2.24, 2.45) is 0 Å². The van der Waals surface area contributed by atoms with Crippen LogP contribution in [-0.2, 0) is 0 Å². The molecule has 0 radical (unpaired) electrons. The number of benzene rings is 1. The van der Waals surface area contributed by atoms with Crippen molar-refractivity contribution in [3.63, 3.8) is 0 Å². The average molecular weight is 241 g/mol.